The molecule has 2 N–H and O–H groups in total. The Labute approximate surface area is 146 Å². The Morgan fingerprint density at radius 2 is 1.88 bits per heavy atom. The Kier molecular flexibility index (Phi) is 6.69. The van der Waals surface area contributed by atoms with Gasteiger partial charge in [0.05, 0.1) is 24.9 Å². The second-order valence-electron chi connectivity index (χ2n) is 5.00. The first-order valence-electron chi connectivity index (χ1n) is 7.45. The number of carbonyl (C=O) groups is 1. The van der Waals surface area contributed by atoms with Gasteiger partial charge in [-0.05, 0) is 17.7 Å². The number of aromatic nitrogens is 1. The average molecular weight is 350 g/mol. The van der Waals surface area contributed by atoms with Crippen LogP contribution in [0.3, 0.4) is 0 Å². The van der Waals surface area contributed by atoms with Crippen LogP contribution in [-0.2, 0) is 11.3 Å². The van der Waals surface area contributed by atoms with Crippen LogP contribution >= 0.6 is 11.6 Å². The molecule has 0 bridgehead atoms. The maximum Gasteiger partial charge on any atom is 0.222 e. The van der Waals surface area contributed by atoms with E-state index in [1.807, 2.05) is 12.1 Å². The summed E-state index contributed by atoms with van der Waals surface area (Å²) in [5, 5.41) is 6.49. The Morgan fingerprint density at radius 1 is 1.17 bits per heavy atom. The van der Waals surface area contributed by atoms with Crippen LogP contribution in [0.1, 0.15) is 12.0 Å². The van der Waals surface area contributed by atoms with Crippen LogP contribution in [0.15, 0.2) is 36.7 Å². The molecule has 1 aromatic heterocycles. The number of benzene rings is 1. The number of halogens is 1. The number of hydrogen-bond donors (Lipinski definition) is 2. The maximum absolute atomic E-state index is 11.9. The zero-order valence-corrected chi connectivity index (χ0v) is 14.4. The van der Waals surface area contributed by atoms with Crippen molar-refractivity contribution in [3.8, 4) is 11.5 Å². The quantitative estimate of drug-likeness (QED) is 0.766. The lowest BCUT2D eigenvalue weighted by atomic mass is 10.2. The van der Waals surface area contributed by atoms with Gasteiger partial charge in [-0.1, -0.05) is 11.6 Å². The molecule has 128 valence electrons. The molecule has 1 heterocycles. The zero-order valence-electron chi connectivity index (χ0n) is 13.6. The molecule has 1 aromatic carbocycles. The Balaban J connectivity index is 1.84. The van der Waals surface area contributed by atoms with Crippen molar-refractivity contribution in [1.82, 2.24) is 10.3 Å². The summed E-state index contributed by atoms with van der Waals surface area (Å²) >= 11 is 6.06. The number of nitrogens with zero attached hydrogens (tertiary/aromatic N) is 1. The van der Waals surface area contributed by atoms with Crippen LogP contribution in [0.2, 0.25) is 5.02 Å². The predicted molar refractivity (Wildman–Crippen MR) is 93.7 cm³/mol. The van der Waals surface area contributed by atoms with Crippen LogP contribution < -0.4 is 20.1 Å². The highest BCUT2D eigenvalue weighted by Crippen LogP contribution is 2.35. The van der Waals surface area contributed by atoms with Gasteiger partial charge < -0.3 is 20.1 Å². The predicted octanol–water partition coefficient (Wildman–Crippen LogP) is 2.87. The lowest BCUT2D eigenvalue weighted by Gasteiger charge is -2.14. The van der Waals surface area contributed by atoms with E-state index in [4.69, 9.17) is 21.1 Å². The fraction of sp³-hybridized carbons (Fsp3) is 0.294. The molecule has 0 aliphatic carbocycles. The highest BCUT2D eigenvalue weighted by Gasteiger charge is 2.10. The monoisotopic (exact) mass is 349 g/mol. The number of ether oxygens (including phenoxy) is 2. The summed E-state index contributed by atoms with van der Waals surface area (Å²) in [5.74, 6) is 1.10. The number of rotatable bonds is 8. The molecule has 0 spiro atoms. The molecular weight excluding hydrogens is 330 g/mol. The van der Waals surface area contributed by atoms with E-state index >= 15 is 0 Å². The molecular formula is C17H20ClN3O3. The topological polar surface area (TPSA) is 72.5 Å². The van der Waals surface area contributed by atoms with Crippen molar-refractivity contribution in [3.05, 3.63) is 47.2 Å². The summed E-state index contributed by atoms with van der Waals surface area (Å²) in [6, 6.07) is 7.15. The number of anilines is 1. The largest absolute Gasteiger partial charge is 0.495 e. The number of amides is 1. The van der Waals surface area contributed by atoms with Gasteiger partial charge in [-0.15, -0.1) is 0 Å². The number of pyridine rings is 1. The van der Waals surface area contributed by atoms with Crippen molar-refractivity contribution >= 4 is 23.2 Å². The van der Waals surface area contributed by atoms with Gasteiger partial charge >= 0.3 is 0 Å². The van der Waals surface area contributed by atoms with E-state index in [1.54, 1.807) is 38.7 Å². The van der Waals surface area contributed by atoms with Gasteiger partial charge in [0, 0.05) is 44.0 Å². The summed E-state index contributed by atoms with van der Waals surface area (Å²) in [6.07, 6.45) is 3.73. The third-order valence-corrected chi connectivity index (χ3v) is 3.68. The van der Waals surface area contributed by atoms with Gasteiger partial charge in [-0.3, -0.25) is 9.78 Å². The van der Waals surface area contributed by atoms with E-state index in [-0.39, 0.29) is 5.91 Å². The van der Waals surface area contributed by atoms with Gasteiger partial charge in [0.2, 0.25) is 5.91 Å². The Bertz CT molecular complexity index is 680. The van der Waals surface area contributed by atoms with Crippen molar-refractivity contribution in [2.24, 2.45) is 0 Å². The van der Waals surface area contributed by atoms with Crippen LogP contribution in [0.25, 0.3) is 0 Å². The van der Waals surface area contributed by atoms with E-state index in [0.29, 0.717) is 36.0 Å². The third-order valence-electron chi connectivity index (χ3n) is 3.38. The standard InChI is InChI=1S/C17H20ClN3O3/c1-23-15-10-14(16(24-2)9-13(15)18)20-8-5-17(22)21-11-12-3-6-19-7-4-12/h3-4,6-7,9-10,20H,5,8,11H2,1-2H3,(H,21,22). The molecule has 2 aromatic rings. The Hall–Kier alpha value is -2.47. The molecule has 0 atom stereocenters. The maximum atomic E-state index is 11.9. The lowest BCUT2D eigenvalue weighted by molar-refractivity contribution is -0.121. The molecule has 6 nitrogen and oxygen atoms in total. The number of methoxy groups -OCH3 is 2. The van der Waals surface area contributed by atoms with Crippen LogP contribution in [0.4, 0.5) is 5.69 Å². The molecule has 0 radical (unpaired) electrons. The average Bonchev–Trinajstić information content (AvgIpc) is 2.61. The second kappa shape index (κ2) is 8.98. The van der Waals surface area contributed by atoms with Crippen LogP contribution in [0, 0.1) is 0 Å². The molecule has 7 heteroatoms. The summed E-state index contributed by atoms with van der Waals surface area (Å²) < 4.78 is 10.5. The number of nitrogens with one attached hydrogen (secondary N) is 2. The van der Waals surface area contributed by atoms with Gasteiger partial charge in [0.25, 0.3) is 0 Å². The fourth-order valence-corrected chi connectivity index (χ4v) is 2.33. The molecule has 1 amide bonds. The molecule has 24 heavy (non-hydrogen) atoms. The molecule has 0 saturated heterocycles. The third kappa shape index (κ3) is 5.03. The summed E-state index contributed by atoms with van der Waals surface area (Å²) in [6.45, 7) is 0.947. The van der Waals surface area contributed by atoms with Gasteiger partial charge in [-0.25, -0.2) is 0 Å². The van der Waals surface area contributed by atoms with E-state index in [0.717, 1.165) is 11.3 Å². The van der Waals surface area contributed by atoms with Crippen molar-refractivity contribution in [3.63, 3.8) is 0 Å². The minimum absolute atomic E-state index is 0.0424. The van der Waals surface area contributed by atoms with E-state index < -0.39 is 0 Å². The van der Waals surface area contributed by atoms with Crippen molar-refractivity contribution in [1.29, 1.82) is 0 Å². The highest BCUT2D eigenvalue weighted by molar-refractivity contribution is 6.32. The summed E-state index contributed by atoms with van der Waals surface area (Å²) in [5.41, 5.74) is 1.73. The van der Waals surface area contributed by atoms with E-state index in [2.05, 4.69) is 15.6 Å². The van der Waals surface area contributed by atoms with Gasteiger partial charge in [-0.2, -0.15) is 0 Å². The van der Waals surface area contributed by atoms with Gasteiger partial charge in [0.1, 0.15) is 11.5 Å². The first kappa shape index (κ1) is 17.9. The molecule has 0 aliphatic rings. The minimum Gasteiger partial charge on any atom is -0.495 e. The molecule has 0 aliphatic heterocycles. The van der Waals surface area contributed by atoms with Crippen molar-refractivity contribution in [2.45, 2.75) is 13.0 Å². The van der Waals surface area contributed by atoms with E-state index in [1.165, 1.54) is 0 Å². The smallest absolute Gasteiger partial charge is 0.222 e. The fourth-order valence-electron chi connectivity index (χ4n) is 2.10. The van der Waals surface area contributed by atoms with Crippen LogP contribution in [0.5, 0.6) is 11.5 Å². The Morgan fingerprint density at radius 3 is 2.54 bits per heavy atom. The lowest BCUT2D eigenvalue weighted by Crippen LogP contribution is -2.24. The first-order valence-corrected chi connectivity index (χ1v) is 7.83. The molecule has 0 unspecified atom stereocenters. The normalized spacial score (nSPS) is 10.1. The molecule has 2 rings (SSSR count). The van der Waals surface area contributed by atoms with Crippen LogP contribution in [-0.4, -0.2) is 31.7 Å². The SMILES string of the molecule is COc1cc(NCCC(=O)NCc2ccncc2)c(OC)cc1Cl. The van der Waals surface area contributed by atoms with Gasteiger partial charge in [0.15, 0.2) is 0 Å². The summed E-state index contributed by atoms with van der Waals surface area (Å²) in [4.78, 5) is 15.8. The highest BCUT2D eigenvalue weighted by atomic mass is 35.5. The number of carbonyl (C=O) groups excluding carboxylic acids is 1. The molecule has 0 fully saturated rings. The van der Waals surface area contributed by atoms with Crippen molar-refractivity contribution in [2.75, 3.05) is 26.1 Å². The van der Waals surface area contributed by atoms with E-state index in [9.17, 15) is 4.79 Å². The number of hydrogen-bond acceptors (Lipinski definition) is 5. The molecule has 0 saturated carbocycles. The second-order valence-corrected chi connectivity index (χ2v) is 5.40. The first-order chi connectivity index (χ1) is 11.6. The summed E-state index contributed by atoms with van der Waals surface area (Å²) in [7, 11) is 3.11. The van der Waals surface area contributed by atoms with Crippen molar-refractivity contribution < 1.29 is 14.3 Å². The zero-order chi connectivity index (χ0) is 17.4. The minimum atomic E-state index is -0.0424.